The van der Waals surface area contributed by atoms with Crippen molar-refractivity contribution in [1.29, 1.82) is 0 Å². The van der Waals surface area contributed by atoms with Crippen LogP contribution in [0.3, 0.4) is 0 Å². The predicted octanol–water partition coefficient (Wildman–Crippen LogP) is -3.25. The highest BCUT2D eigenvalue weighted by molar-refractivity contribution is 4.89. The van der Waals surface area contributed by atoms with Crippen LogP contribution < -0.4 is 5.73 Å². The summed E-state index contributed by atoms with van der Waals surface area (Å²) in [5, 5.41) is 36.1. The number of rotatable bonds is 1. The van der Waals surface area contributed by atoms with Crippen LogP contribution in [0.15, 0.2) is 0 Å². The second-order valence-corrected chi connectivity index (χ2v) is 2.79. The molecule has 1 aliphatic heterocycles. The Kier molecular flexibility index (Phi) is 2.99. The van der Waals surface area contributed by atoms with Gasteiger partial charge in [-0.05, 0) is 0 Å². The van der Waals surface area contributed by atoms with Crippen molar-refractivity contribution in [3.63, 3.8) is 0 Å². The van der Waals surface area contributed by atoms with Gasteiger partial charge in [-0.25, -0.2) is 0 Å². The summed E-state index contributed by atoms with van der Waals surface area (Å²) in [6, 6.07) is 0. The first-order valence-electron chi connectivity index (χ1n) is 3.64. The molecule has 5 atom stereocenters. The number of hydrogen-bond donors (Lipinski definition) is 5. The first kappa shape index (κ1) is 9.85. The van der Waals surface area contributed by atoms with Crippen molar-refractivity contribution in [2.45, 2.75) is 30.6 Å². The standard InChI is InChI=1S/C6H13NO5/c7-6-5(11)4(10)3(9)2(1-8)12-6/h2-6,8-11H,1,7H2/t2-,3+,4+,5-,6-/m0/s1. The van der Waals surface area contributed by atoms with E-state index in [4.69, 9.17) is 25.8 Å². The molecule has 6 N–H and O–H groups in total. The molecule has 1 heterocycles. The maximum Gasteiger partial charge on any atom is 0.135 e. The van der Waals surface area contributed by atoms with E-state index < -0.39 is 37.3 Å². The van der Waals surface area contributed by atoms with Gasteiger partial charge in [0.05, 0.1) is 6.61 Å². The second kappa shape index (κ2) is 3.65. The Morgan fingerprint density at radius 1 is 1.08 bits per heavy atom. The molecular weight excluding hydrogens is 166 g/mol. The third-order valence-electron chi connectivity index (χ3n) is 1.93. The van der Waals surface area contributed by atoms with Crippen molar-refractivity contribution in [2.75, 3.05) is 6.61 Å². The average molecular weight is 179 g/mol. The van der Waals surface area contributed by atoms with E-state index in [1.165, 1.54) is 0 Å². The summed E-state index contributed by atoms with van der Waals surface area (Å²) >= 11 is 0. The minimum absolute atomic E-state index is 0.446. The highest BCUT2D eigenvalue weighted by atomic mass is 16.6. The molecule has 1 aliphatic rings. The van der Waals surface area contributed by atoms with Crippen LogP contribution in [-0.4, -0.2) is 57.7 Å². The zero-order valence-corrected chi connectivity index (χ0v) is 6.37. The quantitative estimate of drug-likeness (QED) is 0.288. The molecule has 0 radical (unpaired) electrons. The Labute approximate surface area is 69.2 Å². The Morgan fingerprint density at radius 3 is 2.17 bits per heavy atom. The van der Waals surface area contributed by atoms with Gasteiger partial charge in [0.1, 0.15) is 30.6 Å². The van der Waals surface area contributed by atoms with Crippen LogP contribution in [0.25, 0.3) is 0 Å². The van der Waals surface area contributed by atoms with Crippen molar-refractivity contribution in [2.24, 2.45) is 5.73 Å². The summed E-state index contributed by atoms with van der Waals surface area (Å²) in [5.74, 6) is 0. The van der Waals surface area contributed by atoms with Crippen LogP contribution in [0.1, 0.15) is 0 Å². The van der Waals surface area contributed by atoms with Gasteiger partial charge in [0, 0.05) is 0 Å². The third-order valence-corrected chi connectivity index (χ3v) is 1.93. The fraction of sp³-hybridized carbons (Fsp3) is 1.00. The predicted molar refractivity (Wildman–Crippen MR) is 38.0 cm³/mol. The molecule has 0 spiro atoms. The highest BCUT2D eigenvalue weighted by Crippen LogP contribution is 2.17. The molecule has 0 aliphatic carbocycles. The lowest BCUT2D eigenvalue weighted by Crippen LogP contribution is -2.61. The molecule has 1 saturated heterocycles. The molecule has 0 aromatic heterocycles. The van der Waals surface area contributed by atoms with Crippen molar-refractivity contribution in [3.8, 4) is 0 Å². The van der Waals surface area contributed by atoms with Gasteiger partial charge in [-0.2, -0.15) is 0 Å². The van der Waals surface area contributed by atoms with Gasteiger partial charge < -0.3 is 30.9 Å². The van der Waals surface area contributed by atoms with E-state index in [0.717, 1.165) is 0 Å². The van der Waals surface area contributed by atoms with Crippen LogP contribution in [0.5, 0.6) is 0 Å². The Balaban J connectivity index is 2.63. The smallest absolute Gasteiger partial charge is 0.135 e. The lowest BCUT2D eigenvalue weighted by Gasteiger charge is -2.38. The van der Waals surface area contributed by atoms with E-state index in [0.29, 0.717) is 0 Å². The molecule has 0 saturated carbocycles. The van der Waals surface area contributed by atoms with Crippen LogP contribution in [-0.2, 0) is 4.74 Å². The van der Waals surface area contributed by atoms with Crippen LogP contribution in [0.4, 0.5) is 0 Å². The van der Waals surface area contributed by atoms with E-state index >= 15 is 0 Å². The number of ether oxygens (including phenoxy) is 1. The molecule has 0 aromatic rings. The molecule has 0 bridgehead atoms. The topological polar surface area (TPSA) is 116 Å². The number of aliphatic hydroxyl groups excluding tert-OH is 4. The molecule has 12 heavy (non-hydrogen) atoms. The monoisotopic (exact) mass is 179 g/mol. The van der Waals surface area contributed by atoms with Gasteiger partial charge in [-0.1, -0.05) is 0 Å². The Morgan fingerprint density at radius 2 is 1.67 bits per heavy atom. The van der Waals surface area contributed by atoms with Crippen LogP contribution in [0.2, 0.25) is 0 Å². The summed E-state index contributed by atoms with van der Waals surface area (Å²) in [4.78, 5) is 0. The molecule has 1 rings (SSSR count). The summed E-state index contributed by atoms with van der Waals surface area (Å²) in [5.41, 5.74) is 5.24. The SMILES string of the molecule is N[C@H]1O[C@@H](CO)[C@@H](O)[C@@H](O)[C@@H]1O. The van der Waals surface area contributed by atoms with Crippen LogP contribution in [0, 0.1) is 0 Å². The van der Waals surface area contributed by atoms with Crippen molar-refractivity contribution >= 4 is 0 Å². The number of hydrogen-bond acceptors (Lipinski definition) is 6. The zero-order valence-electron chi connectivity index (χ0n) is 6.37. The summed E-state index contributed by atoms with van der Waals surface area (Å²) in [7, 11) is 0. The number of nitrogens with two attached hydrogens (primary N) is 1. The van der Waals surface area contributed by atoms with Gasteiger partial charge in [-0.3, -0.25) is 0 Å². The van der Waals surface area contributed by atoms with Gasteiger partial charge >= 0.3 is 0 Å². The van der Waals surface area contributed by atoms with Crippen molar-refractivity contribution in [3.05, 3.63) is 0 Å². The molecule has 1 fully saturated rings. The van der Waals surface area contributed by atoms with Crippen molar-refractivity contribution in [1.82, 2.24) is 0 Å². The fourth-order valence-electron chi connectivity index (χ4n) is 1.13. The first-order chi connectivity index (χ1) is 5.57. The van der Waals surface area contributed by atoms with Gasteiger partial charge in [0.25, 0.3) is 0 Å². The average Bonchev–Trinajstić information content (AvgIpc) is 2.08. The lowest BCUT2D eigenvalue weighted by molar-refractivity contribution is -0.227. The fourth-order valence-corrected chi connectivity index (χ4v) is 1.13. The van der Waals surface area contributed by atoms with E-state index in [1.54, 1.807) is 0 Å². The lowest BCUT2D eigenvalue weighted by atomic mass is 9.99. The summed E-state index contributed by atoms with van der Waals surface area (Å²) in [6.45, 7) is -0.446. The summed E-state index contributed by atoms with van der Waals surface area (Å²) in [6.07, 6.45) is -5.99. The normalized spacial score (nSPS) is 49.2. The number of aliphatic hydroxyl groups is 4. The third kappa shape index (κ3) is 1.58. The molecule has 0 aromatic carbocycles. The molecule has 72 valence electrons. The van der Waals surface area contributed by atoms with Crippen molar-refractivity contribution < 1.29 is 25.2 Å². The minimum atomic E-state index is -1.37. The Hall–Kier alpha value is -0.240. The molecule has 0 amide bonds. The summed E-state index contributed by atoms with van der Waals surface area (Å²) < 4.78 is 4.80. The largest absolute Gasteiger partial charge is 0.394 e. The molecular formula is C6H13NO5. The zero-order chi connectivity index (χ0) is 9.30. The van der Waals surface area contributed by atoms with E-state index in [2.05, 4.69) is 0 Å². The second-order valence-electron chi connectivity index (χ2n) is 2.79. The maximum absolute atomic E-state index is 9.18. The van der Waals surface area contributed by atoms with Gasteiger partial charge in [0.2, 0.25) is 0 Å². The van der Waals surface area contributed by atoms with Gasteiger partial charge in [-0.15, -0.1) is 0 Å². The maximum atomic E-state index is 9.18. The van der Waals surface area contributed by atoms with E-state index in [1.807, 2.05) is 0 Å². The van der Waals surface area contributed by atoms with E-state index in [9.17, 15) is 5.11 Å². The molecule has 6 heteroatoms. The van der Waals surface area contributed by atoms with Gasteiger partial charge in [0.15, 0.2) is 0 Å². The molecule has 6 nitrogen and oxygen atoms in total. The minimum Gasteiger partial charge on any atom is -0.394 e. The van der Waals surface area contributed by atoms with Crippen LogP contribution >= 0.6 is 0 Å². The Bertz CT molecular complexity index is 150. The first-order valence-corrected chi connectivity index (χ1v) is 3.64. The molecule has 0 unspecified atom stereocenters. The van der Waals surface area contributed by atoms with E-state index in [-0.39, 0.29) is 0 Å². The highest BCUT2D eigenvalue weighted by Gasteiger charge is 2.41.